The number of benzene rings is 1. The van der Waals surface area contributed by atoms with Crippen LogP contribution in [0.25, 0.3) is 0 Å². The summed E-state index contributed by atoms with van der Waals surface area (Å²) in [6, 6.07) is 10.8. The van der Waals surface area contributed by atoms with E-state index in [4.69, 9.17) is 16.0 Å². The Labute approximate surface area is 155 Å². The van der Waals surface area contributed by atoms with E-state index in [1.54, 1.807) is 30.1 Å². The molecule has 0 aliphatic carbocycles. The number of thioether (sulfide) groups is 1. The Kier molecular flexibility index (Phi) is 5.50. The summed E-state index contributed by atoms with van der Waals surface area (Å²) in [7, 11) is 1.94. The van der Waals surface area contributed by atoms with Crippen molar-refractivity contribution in [3.8, 4) is 0 Å². The molecule has 5 nitrogen and oxygen atoms in total. The number of rotatable bonds is 6. The number of halogens is 1. The van der Waals surface area contributed by atoms with Crippen molar-refractivity contribution >= 4 is 29.3 Å². The Morgan fingerprint density at radius 2 is 2.24 bits per heavy atom. The van der Waals surface area contributed by atoms with Crippen LogP contribution in [0.15, 0.2) is 58.4 Å². The molecule has 0 fully saturated rings. The van der Waals surface area contributed by atoms with Crippen LogP contribution in [0.2, 0.25) is 5.02 Å². The van der Waals surface area contributed by atoms with Crippen molar-refractivity contribution in [2.45, 2.75) is 23.9 Å². The van der Waals surface area contributed by atoms with E-state index in [0.29, 0.717) is 16.5 Å². The molecule has 2 aromatic heterocycles. The molecule has 1 aromatic carbocycles. The highest BCUT2D eigenvalue weighted by molar-refractivity contribution is 7.98. The summed E-state index contributed by atoms with van der Waals surface area (Å²) in [5.41, 5.74) is 0.943. The fourth-order valence-electron chi connectivity index (χ4n) is 2.33. The first-order chi connectivity index (χ1) is 12.0. The molecule has 1 unspecified atom stereocenters. The van der Waals surface area contributed by atoms with E-state index in [2.05, 4.69) is 10.3 Å². The first-order valence-corrected chi connectivity index (χ1v) is 9.14. The zero-order chi connectivity index (χ0) is 17.8. The second-order valence-electron chi connectivity index (χ2n) is 5.63. The number of hydrogen-bond acceptors (Lipinski definition) is 4. The smallest absolute Gasteiger partial charge is 0.287 e. The van der Waals surface area contributed by atoms with Gasteiger partial charge in [0.1, 0.15) is 5.76 Å². The summed E-state index contributed by atoms with van der Waals surface area (Å²) >= 11 is 7.55. The molecular formula is C18H18ClN3O2S. The molecule has 3 rings (SSSR count). The second-order valence-corrected chi connectivity index (χ2v) is 7.00. The Morgan fingerprint density at radius 1 is 1.40 bits per heavy atom. The van der Waals surface area contributed by atoms with Gasteiger partial charge >= 0.3 is 0 Å². The molecule has 3 aromatic rings. The maximum absolute atomic E-state index is 12.4. The fourth-order valence-corrected chi connectivity index (χ4v) is 3.36. The molecular weight excluding hydrogens is 358 g/mol. The Morgan fingerprint density at radius 3 is 2.96 bits per heavy atom. The number of furan rings is 1. The van der Waals surface area contributed by atoms with Gasteiger partial charge in [0.05, 0.1) is 11.8 Å². The number of hydrogen-bond donors (Lipinski definition) is 1. The molecule has 25 heavy (non-hydrogen) atoms. The third-order valence-corrected chi connectivity index (χ3v) is 5.02. The molecule has 0 spiro atoms. The quantitative estimate of drug-likeness (QED) is 0.646. The van der Waals surface area contributed by atoms with Gasteiger partial charge < -0.3 is 14.3 Å². The van der Waals surface area contributed by atoms with Crippen LogP contribution in [0.5, 0.6) is 0 Å². The van der Waals surface area contributed by atoms with Gasteiger partial charge in [0.2, 0.25) is 0 Å². The number of amides is 1. The van der Waals surface area contributed by atoms with E-state index >= 15 is 0 Å². The fraction of sp³-hybridized carbons (Fsp3) is 0.222. The van der Waals surface area contributed by atoms with Crippen LogP contribution in [-0.4, -0.2) is 15.5 Å². The highest BCUT2D eigenvalue weighted by Crippen LogP contribution is 2.22. The van der Waals surface area contributed by atoms with Crippen LogP contribution >= 0.6 is 23.4 Å². The van der Waals surface area contributed by atoms with Gasteiger partial charge in [-0.05, 0) is 36.8 Å². The van der Waals surface area contributed by atoms with Crippen molar-refractivity contribution in [3.05, 3.63) is 70.9 Å². The lowest BCUT2D eigenvalue weighted by Gasteiger charge is -2.13. The number of nitrogens with zero attached hydrogens (tertiary/aromatic N) is 2. The van der Waals surface area contributed by atoms with Crippen molar-refractivity contribution in [2.75, 3.05) is 0 Å². The average molecular weight is 376 g/mol. The van der Waals surface area contributed by atoms with Crippen LogP contribution in [0, 0.1) is 0 Å². The summed E-state index contributed by atoms with van der Waals surface area (Å²) < 4.78 is 7.59. The van der Waals surface area contributed by atoms with E-state index in [-0.39, 0.29) is 11.9 Å². The standard InChI is InChI=1S/C18H18ClN3O2S/c1-12(13-4-3-5-14(19)10-13)21-17(23)16-7-6-15(24-16)11-25-18-20-8-9-22(18)2/h3-10,12H,11H2,1-2H3,(H,21,23). The van der Waals surface area contributed by atoms with Crippen LogP contribution < -0.4 is 5.32 Å². The average Bonchev–Trinajstić information content (AvgIpc) is 3.22. The van der Waals surface area contributed by atoms with Gasteiger partial charge in [0.25, 0.3) is 5.91 Å². The lowest BCUT2D eigenvalue weighted by Crippen LogP contribution is -2.26. The number of aromatic nitrogens is 2. The number of aryl methyl sites for hydroxylation is 1. The third-order valence-electron chi connectivity index (χ3n) is 3.70. The van der Waals surface area contributed by atoms with Gasteiger partial charge in [-0.2, -0.15) is 0 Å². The molecule has 0 bridgehead atoms. The maximum Gasteiger partial charge on any atom is 0.287 e. The number of nitrogens with one attached hydrogen (secondary N) is 1. The van der Waals surface area contributed by atoms with Crippen LogP contribution in [0.4, 0.5) is 0 Å². The monoisotopic (exact) mass is 375 g/mol. The van der Waals surface area contributed by atoms with Gasteiger partial charge in [-0.3, -0.25) is 4.79 Å². The number of imidazole rings is 1. The van der Waals surface area contributed by atoms with E-state index in [1.807, 2.05) is 49.0 Å². The van der Waals surface area contributed by atoms with Gasteiger partial charge in [-0.25, -0.2) is 4.98 Å². The largest absolute Gasteiger partial charge is 0.455 e. The summed E-state index contributed by atoms with van der Waals surface area (Å²) in [4.78, 5) is 16.6. The van der Waals surface area contributed by atoms with Crippen LogP contribution in [0.3, 0.4) is 0 Å². The van der Waals surface area contributed by atoms with Crippen molar-refractivity contribution in [1.82, 2.24) is 14.9 Å². The summed E-state index contributed by atoms with van der Waals surface area (Å²) in [6.45, 7) is 1.91. The zero-order valence-corrected chi connectivity index (χ0v) is 15.5. The molecule has 0 aliphatic heterocycles. The Bertz CT molecular complexity index is 875. The Hall–Kier alpha value is -2.18. The van der Waals surface area contributed by atoms with E-state index in [0.717, 1.165) is 16.5 Å². The summed E-state index contributed by atoms with van der Waals surface area (Å²) in [5, 5.41) is 4.46. The lowest BCUT2D eigenvalue weighted by molar-refractivity contribution is 0.0910. The van der Waals surface area contributed by atoms with Gasteiger partial charge in [-0.1, -0.05) is 35.5 Å². The zero-order valence-electron chi connectivity index (χ0n) is 13.9. The molecule has 0 saturated carbocycles. The van der Waals surface area contributed by atoms with Crippen molar-refractivity contribution in [1.29, 1.82) is 0 Å². The first-order valence-electron chi connectivity index (χ1n) is 7.78. The minimum absolute atomic E-state index is 0.165. The van der Waals surface area contributed by atoms with Crippen molar-refractivity contribution in [2.24, 2.45) is 7.05 Å². The number of carbonyl (C=O) groups is 1. The van der Waals surface area contributed by atoms with Gasteiger partial charge in [0.15, 0.2) is 10.9 Å². The van der Waals surface area contributed by atoms with E-state index < -0.39 is 0 Å². The number of carbonyl (C=O) groups excluding carboxylic acids is 1. The molecule has 130 valence electrons. The molecule has 1 N–H and O–H groups in total. The van der Waals surface area contributed by atoms with Crippen molar-refractivity contribution < 1.29 is 9.21 Å². The third kappa shape index (κ3) is 4.46. The van der Waals surface area contributed by atoms with Gasteiger partial charge in [0, 0.05) is 24.5 Å². The Balaban J connectivity index is 1.59. The van der Waals surface area contributed by atoms with E-state index in [1.165, 1.54) is 0 Å². The minimum atomic E-state index is -0.249. The molecule has 0 radical (unpaired) electrons. The van der Waals surface area contributed by atoms with Crippen molar-refractivity contribution in [3.63, 3.8) is 0 Å². The predicted octanol–water partition coefficient (Wildman–Crippen LogP) is 4.45. The summed E-state index contributed by atoms with van der Waals surface area (Å²) in [6.07, 6.45) is 3.64. The van der Waals surface area contributed by atoms with Crippen LogP contribution in [0.1, 0.15) is 34.8 Å². The molecule has 0 saturated heterocycles. The molecule has 1 atom stereocenters. The minimum Gasteiger partial charge on any atom is -0.455 e. The highest BCUT2D eigenvalue weighted by atomic mass is 35.5. The highest BCUT2D eigenvalue weighted by Gasteiger charge is 2.15. The lowest BCUT2D eigenvalue weighted by atomic mass is 10.1. The molecule has 7 heteroatoms. The second kappa shape index (κ2) is 7.80. The first kappa shape index (κ1) is 17.6. The molecule has 0 aliphatic rings. The maximum atomic E-state index is 12.4. The topological polar surface area (TPSA) is 60.1 Å². The van der Waals surface area contributed by atoms with Crippen LogP contribution in [-0.2, 0) is 12.8 Å². The van der Waals surface area contributed by atoms with E-state index in [9.17, 15) is 4.79 Å². The molecule has 1 amide bonds. The SMILES string of the molecule is CC(NC(=O)c1ccc(CSc2nccn2C)o1)c1cccc(Cl)c1. The normalized spacial score (nSPS) is 12.1. The molecule has 2 heterocycles. The summed E-state index contributed by atoms with van der Waals surface area (Å²) in [5.74, 6) is 1.39. The predicted molar refractivity (Wildman–Crippen MR) is 98.8 cm³/mol. The van der Waals surface area contributed by atoms with Gasteiger partial charge in [-0.15, -0.1) is 0 Å².